The molecule has 0 fully saturated rings. The SMILES string of the molecule is CC(C)n1nnc2ccc(-c3nc(Cl)ncc3Cl)cc21. The highest BCUT2D eigenvalue weighted by Gasteiger charge is 2.12. The number of rotatable bonds is 2. The van der Waals surface area contributed by atoms with E-state index in [1.54, 1.807) is 0 Å². The molecule has 102 valence electrons. The third-order valence-electron chi connectivity index (χ3n) is 2.95. The monoisotopic (exact) mass is 307 g/mol. The summed E-state index contributed by atoms with van der Waals surface area (Å²) in [7, 11) is 0. The van der Waals surface area contributed by atoms with E-state index in [0.717, 1.165) is 16.6 Å². The lowest BCUT2D eigenvalue weighted by molar-refractivity contribution is 0.530. The molecule has 0 saturated heterocycles. The Bertz CT molecular complexity index is 782. The van der Waals surface area contributed by atoms with E-state index in [4.69, 9.17) is 23.2 Å². The topological polar surface area (TPSA) is 56.5 Å². The molecule has 0 aliphatic heterocycles. The van der Waals surface area contributed by atoms with Gasteiger partial charge in [0.15, 0.2) is 0 Å². The van der Waals surface area contributed by atoms with Crippen LogP contribution in [0.25, 0.3) is 22.3 Å². The Morgan fingerprint density at radius 3 is 2.75 bits per heavy atom. The van der Waals surface area contributed by atoms with Crippen molar-refractivity contribution in [2.45, 2.75) is 19.9 Å². The summed E-state index contributed by atoms with van der Waals surface area (Å²) in [6, 6.07) is 5.97. The van der Waals surface area contributed by atoms with Crippen molar-refractivity contribution >= 4 is 34.2 Å². The first-order valence-corrected chi connectivity index (χ1v) is 6.85. The average molecular weight is 308 g/mol. The summed E-state index contributed by atoms with van der Waals surface area (Å²) in [5.74, 6) is 0. The van der Waals surface area contributed by atoms with Crippen LogP contribution in [0.2, 0.25) is 10.3 Å². The van der Waals surface area contributed by atoms with Gasteiger partial charge >= 0.3 is 0 Å². The minimum Gasteiger partial charge on any atom is -0.242 e. The van der Waals surface area contributed by atoms with E-state index in [9.17, 15) is 0 Å². The highest BCUT2D eigenvalue weighted by Crippen LogP contribution is 2.29. The predicted molar refractivity (Wildman–Crippen MR) is 79.0 cm³/mol. The summed E-state index contributed by atoms with van der Waals surface area (Å²) in [6.45, 7) is 4.10. The first-order chi connectivity index (χ1) is 9.56. The summed E-state index contributed by atoms with van der Waals surface area (Å²) in [4.78, 5) is 8.04. The molecule has 7 heteroatoms. The zero-order chi connectivity index (χ0) is 14.3. The maximum atomic E-state index is 6.14. The van der Waals surface area contributed by atoms with Crippen molar-refractivity contribution in [1.29, 1.82) is 0 Å². The van der Waals surface area contributed by atoms with Crippen LogP contribution in [-0.4, -0.2) is 25.0 Å². The molecule has 0 unspecified atom stereocenters. The molecule has 20 heavy (non-hydrogen) atoms. The maximum Gasteiger partial charge on any atom is 0.222 e. The van der Waals surface area contributed by atoms with E-state index in [2.05, 4.69) is 34.1 Å². The van der Waals surface area contributed by atoms with Crippen LogP contribution in [0.4, 0.5) is 0 Å². The minimum atomic E-state index is 0.167. The zero-order valence-electron chi connectivity index (χ0n) is 10.9. The molecule has 0 saturated carbocycles. The van der Waals surface area contributed by atoms with Gasteiger partial charge in [-0.05, 0) is 37.6 Å². The zero-order valence-corrected chi connectivity index (χ0v) is 12.4. The van der Waals surface area contributed by atoms with E-state index in [1.807, 2.05) is 22.9 Å². The summed E-state index contributed by atoms with van der Waals surface area (Å²) < 4.78 is 1.86. The van der Waals surface area contributed by atoms with Gasteiger partial charge in [0.1, 0.15) is 5.52 Å². The van der Waals surface area contributed by atoms with Crippen molar-refractivity contribution < 1.29 is 0 Å². The number of aromatic nitrogens is 5. The first kappa shape index (κ1) is 13.3. The largest absolute Gasteiger partial charge is 0.242 e. The predicted octanol–water partition coefficient (Wildman–Crippen LogP) is 3.78. The van der Waals surface area contributed by atoms with Gasteiger partial charge in [-0.2, -0.15) is 0 Å². The van der Waals surface area contributed by atoms with E-state index in [1.165, 1.54) is 6.20 Å². The number of fused-ring (bicyclic) bond motifs is 1. The van der Waals surface area contributed by atoms with Crippen molar-refractivity contribution in [1.82, 2.24) is 25.0 Å². The standard InChI is InChI=1S/C13H11Cl2N5/c1-7(2)20-11-5-8(3-4-10(11)18-19-20)12-9(14)6-16-13(15)17-12/h3-7H,1-2H3. The third kappa shape index (κ3) is 2.23. The van der Waals surface area contributed by atoms with Crippen LogP contribution in [-0.2, 0) is 0 Å². The fourth-order valence-electron chi connectivity index (χ4n) is 2.01. The summed E-state index contributed by atoms with van der Waals surface area (Å²) in [5, 5.41) is 8.90. The van der Waals surface area contributed by atoms with Crippen LogP contribution in [0.3, 0.4) is 0 Å². The number of hydrogen-bond donors (Lipinski definition) is 0. The van der Waals surface area contributed by atoms with Gasteiger partial charge in [0, 0.05) is 11.6 Å². The molecule has 0 aliphatic carbocycles. The van der Waals surface area contributed by atoms with Gasteiger partial charge in [0.05, 0.1) is 22.4 Å². The van der Waals surface area contributed by atoms with E-state index in [-0.39, 0.29) is 11.3 Å². The average Bonchev–Trinajstić information content (AvgIpc) is 2.84. The molecule has 1 aromatic carbocycles. The van der Waals surface area contributed by atoms with Crippen molar-refractivity contribution in [2.24, 2.45) is 0 Å². The molecule has 3 rings (SSSR count). The number of hydrogen-bond acceptors (Lipinski definition) is 4. The first-order valence-electron chi connectivity index (χ1n) is 6.09. The summed E-state index contributed by atoms with van der Waals surface area (Å²) in [5.41, 5.74) is 3.23. The minimum absolute atomic E-state index is 0.167. The Hall–Kier alpha value is -1.72. The van der Waals surface area contributed by atoms with Gasteiger partial charge in [-0.15, -0.1) is 5.10 Å². The number of benzene rings is 1. The Labute approximate surface area is 125 Å². The summed E-state index contributed by atoms with van der Waals surface area (Å²) >= 11 is 12.0. The van der Waals surface area contributed by atoms with Gasteiger partial charge < -0.3 is 0 Å². The molecule has 3 aromatic rings. The van der Waals surface area contributed by atoms with Crippen molar-refractivity contribution in [3.63, 3.8) is 0 Å². The molecule has 0 N–H and O–H groups in total. The van der Waals surface area contributed by atoms with Gasteiger partial charge in [0.2, 0.25) is 5.28 Å². The van der Waals surface area contributed by atoms with E-state index < -0.39 is 0 Å². The quantitative estimate of drug-likeness (QED) is 0.676. The van der Waals surface area contributed by atoms with Gasteiger partial charge in [-0.25, -0.2) is 14.6 Å². The van der Waals surface area contributed by atoms with Crippen LogP contribution < -0.4 is 0 Å². The molecule has 2 heterocycles. The van der Waals surface area contributed by atoms with Gasteiger partial charge in [-0.3, -0.25) is 0 Å². The normalized spacial score (nSPS) is 11.4. The molecule has 2 aromatic heterocycles. The Balaban J connectivity index is 2.21. The second-order valence-electron chi connectivity index (χ2n) is 4.67. The van der Waals surface area contributed by atoms with Gasteiger partial charge in [-0.1, -0.05) is 22.9 Å². The smallest absolute Gasteiger partial charge is 0.222 e. The fraction of sp³-hybridized carbons (Fsp3) is 0.231. The summed E-state index contributed by atoms with van der Waals surface area (Å²) in [6.07, 6.45) is 1.49. The molecular weight excluding hydrogens is 297 g/mol. The fourth-order valence-corrected chi connectivity index (χ4v) is 2.35. The molecule has 0 radical (unpaired) electrons. The second-order valence-corrected chi connectivity index (χ2v) is 5.41. The molecule has 0 amide bonds. The van der Waals surface area contributed by atoms with Crippen LogP contribution >= 0.6 is 23.2 Å². The Morgan fingerprint density at radius 2 is 2.00 bits per heavy atom. The lowest BCUT2D eigenvalue weighted by Gasteiger charge is -2.07. The Morgan fingerprint density at radius 1 is 1.20 bits per heavy atom. The van der Waals surface area contributed by atoms with Gasteiger partial charge in [0.25, 0.3) is 0 Å². The highest BCUT2D eigenvalue weighted by atomic mass is 35.5. The molecule has 0 spiro atoms. The third-order valence-corrected chi connectivity index (χ3v) is 3.41. The molecule has 0 aliphatic rings. The van der Waals surface area contributed by atoms with Crippen LogP contribution in [0.1, 0.15) is 19.9 Å². The van der Waals surface area contributed by atoms with Crippen LogP contribution in [0.5, 0.6) is 0 Å². The van der Waals surface area contributed by atoms with Crippen molar-refractivity contribution in [3.05, 3.63) is 34.7 Å². The molecule has 5 nitrogen and oxygen atoms in total. The second kappa shape index (κ2) is 5.00. The number of halogens is 2. The van der Waals surface area contributed by atoms with Crippen LogP contribution in [0.15, 0.2) is 24.4 Å². The van der Waals surface area contributed by atoms with Crippen molar-refractivity contribution in [2.75, 3.05) is 0 Å². The molecule has 0 atom stereocenters. The molecule has 0 bridgehead atoms. The van der Waals surface area contributed by atoms with E-state index >= 15 is 0 Å². The highest BCUT2D eigenvalue weighted by molar-refractivity contribution is 6.33. The number of nitrogens with zero attached hydrogens (tertiary/aromatic N) is 5. The van der Waals surface area contributed by atoms with E-state index in [0.29, 0.717) is 10.7 Å². The van der Waals surface area contributed by atoms with Crippen molar-refractivity contribution in [3.8, 4) is 11.3 Å². The van der Waals surface area contributed by atoms with Crippen LogP contribution in [0, 0.1) is 0 Å². The maximum absolute atomic E-state index is 6.14. The Kier molecular flexibility index (Phi) is 3.31. The lowest BCUT2D eigenvalue weighted by atomic mass is 10.1. The molecular formula is C13H11Cl2N5. The lowest BCUT2D eigenvalue weighted by Crippen LogP contribution is -2.02.